The zero-order valence-electron chi connectivity index (χ0n) is 35.2. The van der Waals surface area contributed by atoms with Crippen LogP contribution in [0, 0.1) is 0 Å². The average molecular weight is 865 g/mol. The number of rotatable bonds is 11. The predicted octanol–water partition coefficient (Wildman–Crippen LogP) is 12.7. The number of amides is 3. The topological polar surface area (TPSA) is 149 Å². The van der Waals surface area contributed by atoms with Gasteiger partial charge < -0.3 is 26.2 Å². The Kier molecular flexibility index (Phi) is 11.0. The number of carbonyl (C=O) groups is 3. The van der Waals surface area contributed by atoms with Crippen LogP contribution < -0.4 is 21.4 Å². The van der Waals surface area contributed by atoms with Gasteiger partial charge in [-0.05, 0) is 105 Å². The molecule has 0 spiro atoms. The lowest BCUT2D eigenvalue weighted by Crippen LogP contribution is -2.14. The van der Waals surface area contributed by atoms with Crippen LogP contribution in [0.3, 0.4) is 0 Å². The van der Waals surface area contributed by atoms with E-state index in [2.05, 4.69) is 21.4 Å². The van der Waals surface area contributed by atoms with Gasteiger partial charge in [0.25, 0.3) is 17.7 Å². The van der Waals surface area contributed by atoms with Gasteiger partial charge in [0.05, 0.1) is 11.3 Å². The summed E-state index contributed by atoms with van der Waals surface area (Å²) in [6.07, 6.45) is 0. The molecule has 0 aromatic heterocycles. The van der Waals surface area contributed by atoms with Crippen molar-refractivity contribution in [2.24, 2.45) is 0 Å². The van der Waals surface area contributed by atoms with E-state index in [-0.39, 0.29) is 40.9 Å². The van der Waals surface area contributed by atoms with E-state index in [4.69, 9.17) is 4.84 Å². The smallest absolute Gasteiger partial charge is 0.259 e. The Morgan fingerprint density at radius 1 is 0.409 bits per heavy atom. The number of benzene rings is 10. The zero-order chi connectivity index (χ0) is 45.1. The van der Waals surface area contributed by atoms with Crippen molar-refractivity contribution in [3.05, 3.63) is 216 Å². The summed E-state index contributed by atoms with van der Waals surface area (Å²) >= 11 is 0. The molecule has 0 atom stereocenters. The second-order valence-electron chi connectivity index (χ2n) is 15.8. The lowest BCUT2D eigenvalue weighted by atomic mass is 9.87. The van der Waals surface area contributed by atoms with Crippen LogP contribution in [-0.2, 0) is 11.4 Å². The molecule has 3 amide bonds. The van der Waals surface area contributed by atoms with Crippen molar-refractivity contribution in [3.8, 4) is 22.6 Å². The maximum atomic E-state index is 14.5. The van der Waals surface area contributed by atoms with Crippen molar-refractivity contribution < 1.29 is 29.4 Å². The Morgan fingerprint density at radius 2 is 0.894 bits per heavy atom. The van der Waals surface area contributed by atoms with Crippen LogP contribution in [0.25, 0.3) is 54.2 Å². The summed E-state index contributed by atoms with van der Waals surface area (Å²) in [6.45, 7) is -0.151. The van der Waals surface area contributed by atoms with E-state index < -0.39 is 11.7 Å². The molecule has 0 saturated heterocycles. The van der Waals surface area contributed by atoms with Crippen LogP contribution in [-0.4, -0.2) is 27.9 Å². The molecule has 10 rings (SSSR count). The number of hydrogen-bond donors (Lipinski definition) is 6. The summed E-state index contributed by atoms with van der Waals surface area (Å²) in [5, 5.41) is 39.4. The normalized spacial score (nSPS) is 11.2. The third-order valence-electron chi connectivity index (χ3n) is 11.6. The Balaban J connectivity index is 1.13. The molecule has 10 aromatic rings. The number of fused-ring (bicyclic) bond motifs is 4. The Hall–Kier alpha value is -8.99. The highest BCUT2D eigenvalue weighted by Gasteiger charge is 2.26. The number of carbonyl (C=O) groups excluding carboxylic acids is 3. The van der Waals surface area contributed by atoms with Gasteiger partial charge in [-0.15, -0.1) is 0 Å². The molecule has 66 heavy (non-hydrogen) atoms. The SMILES string of the molecule is O=C(Nc1ccccc1)c1ccc2c(-c3c(O)c(C(=O)Nc4cccc5ccccc45)cc4cc(C(=O)Nc5ccccc5)ccc34)c(O)c(CONc3cccc4ccccc34)cc2c1. The summed E-state index contributed by atoms with van der Waals surface area (Å²) in [7, 11) is 0. The van der Waals surface area contributed by atoms with Crippen molar-refractivity contribution in [2.75, 3.05) is 21.4 Å². The van der Waals surface area contributed by atoms with E-state index in [0.29, 0.717) is 61.0 Å². The fourth-order valence-electron chi connectivity index (χ4n) is 8.40. The molecule has 0 aliphatic heterocycles. The van der Waals surface area contributed by atoms with Crippen molar-refractivity contribution >= 4 is 83.6 Å². The van der Waals surface area contributed by atoms with Crippen molar-refractivity contribution in [1.29, 1.82) is 0 Å². The number of anilines is 4. The fraction of sp³-hybridized carbons (Fsp3) is 0.0179. The van der Waals surface area contributed by atoms with E-state index in [1.54, 1.807) is 78.9 Å². The number of nitrogens with one attached hydrogen (secondary N) is 4. The second-order valence-corrected chi connectivity index (χ2v) is 15.8. The van der Waals surface area contributed by atoms with Crippen molar-refractivity contribution in [3.63, 3.8) is 0 Å². The molecule has 6 N–H and O–H groups in total. The van der Waals surface area contributed by atoms with Crippen LogP contribution in [0.1, 0.15) is 36.6 Å². The standard InChI is InChI=1S/C56H40N4O6/c61-52-40(33-66-60-49-24-12-16-35-14-8-10-22-44(35)49)31-38-29-36(54(63)57-41-17-3-1-4-18-41)25-27-45(38)50(52)51-46-28-26-37(55(64)58-42-19-5-2-6-20-42)30-39(46)32-47(53(51)62)56(65)59-48-23-11-15-34-13-7-9-21-43(34)48/h1-32,60-62H,33H2,(H,57,63)(H,58,64)(H,59,65). The molecule has 0 bridgehead atoms. The monoisotopic (exact) mass is 864 g/mol. The average Bonchev–Trinajstić information content (AvgIpc) is 3.35. The maximum absolute atomic E-state index is 14.5. The third-order valence-corrected chi connectivity index (χ3v) is 11.6. The Morgan fingerprint density at radius 3 is 1.48 bits per heavy atom. The van der Waals surface area contributed by atoms with Gasteiger partial charge in [-0.25, -0.2) is 0 Å². The first kappa shape index (κ1) is 41.0. The van der Waals surface area contributed by atoms with Crippen LogP contribution in [0.2, 0.25) is 0 Å². The number of aromatic hydroxyl groups is 2. The number of para-hydroxylation sites is 2. The molecule has 0 aliphatic carbocycles. The van der Waals surface area contributed by atoms with E-state index in [1.807, 2.05) is 115 Å². The third kappa shape index (κ3) is 8.07. The first-order valence-corrected chi connectivity index (χ1v) is 21.3. The largest absolute Gasteiger partial charge is 0.507 e. The Labute approximate surface area is 378 Å². The lowest BCUT2D eigenvalue weighted by Gasteiger charge is -2.20. The van der Waals surface area contributed by atoms with Gasteiger partial charge in [-0.2, -0.15) is 0 Å². The van der Waals surface area contributed by atoms with Gasteiger partial charge in [0, 0.05) is 55.7 Å². The minimum atomic E-state index is -0.617. The minimum absolute atomic E-state index is 0.100. The van der Waals surface area contributed by atoms with E-state index in [0.717, 1.165) is 21.5 Å². The molecule has 0 saturated carbocycles. The summed E-state index contributed by atoms with van der Waals surface area (Å²) in [6, 6.07) is 58.3. The van der Waals surface area contributed by atoms with Crippen molar-refractivity contribution in [1.82, 2.24) is 0 Å². The van der Waals surface area contributed by atoms with Crippen LogP contribution in [0.15, 0.2) is 194 Å². The summed E-state index contributed by atoms with van der Waals surface area (Å²) in [5.41, 5.74) is 6.71. The van der Waals surface area contributed by atoms with Gasteiger partial charge >= 0.3 is 0 Å². The van der Waals surface area contributed by atoms with Crippen LogP contribution >= 0.6 is 0 Å². The van der Waals surface area contributed by atoms with Gasteiger partial charge in [-0.1, -0.05) is 121 Å². The highest BCUT2D eigenvalue weighted by Crippen LogP contribution is 2.48. The van der Waals surface area contributed by atoms with Crippen LogP contribution in [0.4, 0.5) is 22.7 Å². The minimum Gasteiger partial charge on any atom is -0.507 e. The predicted molar refractivity (Wildman–Crippen MR) is 263 cm³/mol. The molecular weight excluding hydrogens is 825 g/mol. The summed E-state index contributed by atoms with van der Waals surface area (Å²) in [5.74, 6) is -1.98. The molecule has 0 radical (unpaired) electrons. The maximum Gasteiger partial charge on any atom is 0.259 e. The molecule has 0 aliphatic rings. The van der Waals surface area contributed by atoms with Crippen LogP contribution in [0.5, 0.6) is 11.5 Å². The van der Waals surface area contributed by atoms with Gasteiger partial charge in [0.2, 0.25) is 0 Å². The molecule has 10 nitrogen and oxygen atoms in total. The van der Waals surface area contributed by atoms with E-state index >= 15 is 0 Å². The highest BCUT2D eigenvalue weighted by molar-refractivity contribution is 6.19. The quantitative estimate of drug-likeness (QED) is 0.0709. The lowest BCUT2D eigenvalue weighted by molar-refractivity contribution is 0.101. The molecule has 10 heteroatoms. The van der Waals surface area contributed by atoms with E-state index in [9.17, 15) is 24.6 Å². The summed E-state index contributed by atoms with van der Waals surface area (Å²) in [4.78, 5) is 48.0. The van der Waals surface area contributed by atoms with Crippen molar-refractivity contribution in [2.45, 2.75) is 6.61 Å². The summed E-state index contributed by atoms with van der Waals surface area (Å²) < 4.78 is 0. The van der Waals surface area contributed by atoms with Gasteiger partial charge in [0.1, 0.15) is 18.1 Å². The number of phenolic OH excluding ortho intramolecular Hbond substituents is 2. The van der Waals surface area contributed by atoms with Gasteiger partial charge in [-0.3, -0.25) is 24.7 Å². The van der Waals surface area contributed by atoms with Gasteiger partial charge in [0.15, 0.2) is 0 Å². The highest BCUT2D eigenvalue weighted by atomic mass is 16.6. The molecule has 0 unspecified atom stereocenters. The number of hydrogen-bond acceptors (Lipinski definition) is 7. The first-order valence-electron chi connectivity index (χ1n) is 21.3. The number of phenols is 2. The molecular formula is C56H40N4O6. The Bertz CT molecular complexity index is 3510. The van der Waals surface area contributed by atoms with E-state index in [1.165, 1.54) is 0 Å². The fourth-order valence-corrected chi connectivity index (χ4v) is 8.40. The molecule has 0 fully saturated rings. The zero-order valence-corrected chi connectivity index (χ0v) is 35.2. The molecule has 320 valence electrons. The molecule has 0 heterocycles. The first-order chi connectivity index (χ1) is 32.3. The second kappa shape index (κ2) is 17.6. The molecule has 10 aromatic carbocycles.